The molecule has 34 heavy (non-hydrogen) atoms. The molecule has 0 unspecified atom stereocenters. The second-order valence-corrected chi connectivity index (χ2v) is 12.8. The Morgan fingerprint density at radius 2 is 1.71 bits per heavy atom. The van der Waals surface area contributed by atoms with Crippen LogP contribution in [0.25, 0.3) is 0 Å². The monoisotopic (exact) mass is 507 g/mol. The van der Waals surface area contributed by atoms with Crippen molar-refractivity contribution >= 4 is 28.5 Å². The van der Waals surface area contributed by atoms with Crippen LogP contribution in [0.2, 0.25) is 0 Å². The molecule has 1 aromatic carbocycles. The second-order valence-electron chi connectivity index (χ2n) is 8.76. The van der Waals surface area contributed by atoms with Gasteiger partial charge < -0.3 is 9.05 Å². The van der Waals surface area contributed by atoms with Crippen LogP contribution in [0.1, 0.15) is 63.1 Å². The van der Waals surface area contributed by atoms with E-state index in [4.69, 9.17) is 9.05 Å². The van der Waals surface area contributed by atoms with E-state index in [9.17, 15) is 17.8 Å². The highest BCUT2D eigenvalue weighted by Crippen LogP contribution is 2.46. The van der Waals surface area contributed by atoms with Gasteiger partial charge in [0.25, 0.3) is 0 Å². The molecule has 2 aromatic rings. The third kappa shape index (κ3) is 6.85. The highest BCUT2D eigenvalue weighted by molar-refractivity contribution is 7.90. The molecular formula is C25H34NO6PS. The van der Waals surface area contributed by atoms with Crippen LogP contribution in [0, 0.1) is 5.92 Å². The van der Waals surface area contributed by atoms with Crippen LogP contribution in [0.3, 0.4) is 0 Å². The van der Waals surface area contributed by atoms with Crippen molar-refractivity contribution in [3.63, 3.8) is 0 Å². The topological polar surface area (TPSA) is 99.6 Å². The molecule has 0 bridgehead atoms. The Morgan fingerprint density at radius 3 is 2.26 bits per heavy atom. The summed E-state index contributed by atoms with van der Waals surface area (Å²) in [6.45, 7) is 3.97. The molecule has 3 rings (SSSR count). The van der Waals surface area contributed by atoms with Crippen molar-refractivity contribution in [1.82, 2.24) is 4.98 Å². The highest BCUT2D eigenvalue weighted by Gasteiger charge is 2.29. The summed E-state index contributed by atoms with van der Waals surface area (Å²) >= 11 is 0. The van der Waals surface area contributed by atoms with E-state index in [0.29, 0.717) is 16.9 Å². The number of hydrogen-bond acceptors (Lipinski definition) is 7. The quantitative estimate of drug-likeness (QED) is 0.379. The molecule has 0 amide bonds. The Kier molecular flexibility index (Phi) is 9.21. The fourth-order valence-corrected chi connectivity index (χ4v) is 6.78. The molecule has 1 atom stereocenters. The predicted octanol–water partition coefficient (Wildman–Crippen LogP) is 4.85. The number of Topliss-reactive ketones (excluding diaryl/α,β-unsaturated/α-hetero) is 1. The number of rotatable bonds is 12. The number of ketones is 1. The van der Waals surface area contributed by atoms with Crippen molar-refractivity contribution in [1.29, 1.82) is 0 Å². The fraction of sp³-hybridized carbons (Fsp3) is 0.520. The Hall–Kier alpha value is -1.86. The summed E-state index contributed by atoms with van der Waals surface area (Å²) in [7, 11) is -6.79. The number of benzene rings is 1. The van der Waals surface area contributed by atoms with Gasteiger partial charge in [0, 0.05) is 30.5 Å². The van der Waals surface area contributed by atoms with Crippen LogP contribution in [0.15, 0.2) is 47.5 Å². The molecule has 186 valence electrons. The smallest absolute Gasteiger partial charge is 0.305 e. The number of hydrogen-bond donors (Lipinski definition) is 0. The fourth-order valence-electron chi connectivity index (χ4n) is 4.54. The average molecular weight is 508 g/mol. The molecule has 1 heterocycles. The largest absolute Gasteiger partial charge is 0.361 e. The highest BCUT2D eigenvalue weighted by atomic mass is 32.2. The van der Waals surface area contributed by atoms with Gasteiger partial charge in [0.2, 0.25) is 0 Å². The predicted molar refractivity (Wildman–Crippen MR) is 132 cm³/mol. The lowest BCUT2D eigenvalue weighted by Crippen LogP contribution is -2.20. The normalized spacial score (nSPS) is 16.0. The maximum atomic E-state index is 13.5. The first-order valence-corrected chi connectivity index (χ1v) is 15.3. The molecule has 1 aliphatic rings. The Balaban J connectivity index is 1.86. The molecule has 0 spiro atoms. The van der Waals surface area contributed by atoms with Crippen molar-refractivity contribution in [3.8, 4) is 0 Å². The molecule has 9 heteroatoms. The van der Waals surface area contributed by atoms with Crippen LogP contribution in [0.4, 0.5) is 0 Å². The Bertz CT molecular complexity index is 1120. The first-order chi connectivity index (χ1) is 16.2. The van der Waals surface area contributed by atoms with Gasteiger partial charge in [-0.25, -0.2) is 8.42 Å². The molecule has 0 radical (unpaired) electrons. The van der Waals surface area contributed by atoms with Gasteiger partial charge in [0.05, 0.1) is 23.4 Å². The summed E-state index contributed by atoms with van der Waals surface area (Å²) in [6, 6.07) is 9.85. The molecule has 0 N–H and O–H groups in total. The van der Waals surface area contributed by atoms with Gasteiger partial charge >= 0.3 is 7.60 Å². The maximum absolute atomic E-state index is 13.5. The SMILES string of the molecule is CCOP(=O)(OCC)c1ccnc(CC(=O)[C@H](CC2CCCC2)c2ccc(S(C)(=O)=O)cc2)c1. The van der Waals surface area contributed by atoms with Gasteiger partial charge in [-0.15, -0.1) is 0 Å². The minimum absolute atomic E-state index is 0.00584. The molecular weight excluding hydrogens is 473 g/mol. The summed E-state index contributed by atoms with van der Waals surface area (Å²) < 4.78 is 47.7. The minimum atomic E-state index is -3.48. The Labute approximate surface area is 202 Å². The number of carbonyl (C=O) groups is 1. The van der Waals surface area contributed by atoms with E-state index in [0.717, 1.165) is 24.8 Å². The summed E-state index contributed by atoms with van der Waals surface area (Å²) in [5.41, 5.74) is 1.32. The van der Waals surface area contributed by atoms with E-state index < -0.39 is 17.4 Å². The molecule has 1 fully saturated rings. The first-order valence-electron chi connectivity index (χ1n) is 11.8. The number of sulfone groups is 1. The molecule has 0 saturated heterocycles. The zero-order chi connectivity index (χ0) is 24.8. The van der Waals surface area contributed by atoms with Crippen LogP contribution in [-0.2, 0) is 34.7 Å². The number of nitrogens with zero attached hydrogens (tertiary/aromatic N) is 1. The van der Waals surface area contributed by atoms with Gasteiger partial charge in [-0.3, -0.25) is 14.3 Å². The van der Waals surface area contributed by atoms with E-state index >= 15 is 0 Å². The molecule has 1 saturated carbocycles. The van der Waals surface area contributed by atoms with E-state index in [1.165, 1.54) is 25.3 Å². The summed E-state index contributed by atoms with van der Waals surface area (Å²) in [5.74, 6) is 0.123. The summed E-state index contributed by atoms with van der Waals surface area (Å²) in [6.07, 6.45) is 8.05. The lowest BCUT2D eigenvalue weighted by atomic mass is 9.83. The lowest BCUT2D eigenvalue weighted by molar-refractivity contribution is -0.120. The molecule has 1 aliphatic carbocycles. The second kappa shape index (κ2) is 11.7. The first kappa shape index (κ1) is 26.7. The summed E-state index contributed by atoms with van der Waals surface area (Å²) in [5, 5.41) is 0.388. The van der Waals surface area contributed by atoms with Crippen molar-refractivity contribution < 1.29 is 26.8 Å². The van der Waals surface area contributed by atoms with E-state index in [1.54, 1.807) is 50.2 Å². The third-order valence-electron chi connectivity index (χ3n) is 6.21. The van der Waals surface area contributed by atoms with Crippen molar-refractivity contribution in [2.24, 2.45) is 5.92 Å². The van der Waals surface area contributed by atoms with Crippen LogP contribution >= 0.6 is 7.60 Å². The lowest BCUT2D eigenvalue weighted by Gasteiger charge is -2.21. The van der Waals surface area contributed by atoms with Gasteiger partial charge in [0.1, 0.15) is 5.78 Å². The van der Waals surface area contributed by atoms with E-state index in [-0.39, 0.29) is 36.2 Å². The van der Waals surface area contributed by atoms with Crippen LogP contribution < -0.4 is 5.30 Å². The Morgan fingerprint density at radius 1 is 1.09 bits per heavy atom. The number of carbonyl (C=O) groups excluding carboxylic acids is 1. The maximum Gasteiger partial charge on any atom is 0.361 e. The minimum Gasteiger partial charge on any atom is -0.305 e. The number of aromatic nitrogens is 1. The van der Waals surface area contributed by atoms with Crippen molar-refractivity contribution in [2.45, 2.75) is 63.2 Å². The summed E-state index contributed by atoms with van der Waals surface area (Å²) in [4.78, 5) is 18.1. The van der Waals surface area contributed by atoms with Crippen LogP contribution in [-0.4, -0.2) is 38.7 Å². The van der Waals surface area contributed by atoms with Gasteiger partial charge in [-0.05, 0) is 56.0 Å². The standard InChI is InChI=1S/C25H34NO6PS/c1-4-31-33(28,32-5-2)22-14-15-26-21(17-22)18-25(27)24(16-19-8-6-7-9-19)20-10-12-23(13-11-20)34(3,29)30/h10-15,17,19,24H,4-9,16,18H2,1-3H3/t24-/m1/s1. The van der Waals surface area contributed by atoms with Gasteiger partial charge in [-0.2, -0.15) is 0 Å². The number of pyridine rings is 1. The van der Waals surface area contributed by atoms with Gasteiger partial charge in [0.15, 0.2) is 9.84 Å². The zero-order valence-electron chi connectivity index (χ0n) is 20.1. The molecule has 1 aromatic heterocycles. The molecule has 0 aliphatic heterocycles. The van der Waals surface area contributed by atoms with Crippen molar-refractivity contribution in [3.05, 3.63) is 53.9 Å². The zero-order valence-corrected chi connectivity index (χ0v) is 21.8. The molecule has 7 nitrogen and oxygen atoms in total. The van der Waals surface area contributed by atoms with Gasteiger partial charge in [-0.1, -0.05) is 37.8 Å². The third-order valence-corrected chi connectivity index (χ3v) is 9.45. The van der Waals surface area contributed by atoms with E-state index in [2.05, 4.69) is 4.98 Å². The average Bonchev–Trinajstić information content (AvgIpc) is 3.31. The van der Waals surface area contributed by atoms with E-state index in [1.807, 2.05) is 0 Å². The van der Waals surface area contributed by atoms with Crippen molar-refractivity contribution in [2.75, 3.05) is 19.5 Å². The van der Waals surface area contributed by atoms with Crippen LogP contribution in [0.5, 0.6) is 0 Å².